The number of rotatable bonds is 17. The van der Waals surface area contributed by atoms with Gasteiger partial charge < -0.3 is 0 Å². The highest BCUT2D eigenvalue weighted by Gasteiger charge is 2.06. The molecule has 1 nitrogen and oxygen atoms in total. The summed E-state index contributed by atoms with van der Waals surface area (Å²) < 4.78 is 0. The SMILES string of the molecule is CCCCCCCCCCCCCCCCCC/C=C1/CCN=C1C. The van der Waals surface area contributed by atoms with E-state index >= 15 is 0 Å². The van der Waals surface area contributed by atoms with Gasteiger partial charge in [-0.1, -0.05) is 109 Å². The fourth-order valence-electron chi connectivity index (χ4n) is 3.85. The zero-order valence-corrected chi connectivity index (χ0v) is 17.5. The Morgan fingerprint density at radius 3 is 1.52 bits per heavy atom. The van der Waals surface area contributed by atoms with Crippen LogP contribution in [0.4, 0.5) is 0 Å². The Hall–Kier alpha value is -0.590. The van der Waals surface area contributed by atoms with Gasteiger partial charge in [-0.15, -0.1) is 0 Å². The largest absolute Gasteiger partial charge is 0.289 e. The number of aliphatic imine (C=N–C) groups is 1. The van der Waals surface area contributed by atoms with Crippen molar-refractivity contribution in [2.75, 3.05) is 6.54 Å². The molecular formula is C24H45N. The summed E-state index contributed by atoms with van der Waals surface area (Å²) in [7, 11) is 0. The minimum absolute atomic E-state index is 1.02. The van der Waals surface area contributed by atoms with Crippen LogP contribution in [0.25, 0.3) is 0 Å². The van der Waals surface area contributed by atoms with Crippen LogP contribution in [0.1, 0.15) is 129 Å². The summed E-state index contributed by atoms with van der Waals surface area (Å²) in [5, 5.41) is 0. The quantitative estimate of drug-likeness (QED) is 0.234. The molecule has 1 aliphatic rings. The number of allylic oxidation sites excluding steroid dienone is 1. The van der Waals surface area contributed by atoms with Gasteiger partial charge in [0.25, 0.3) is 0 Å². The van der Waals surface area contributed by atoms with E-state index in [4.69, 9.17) is 0 Å². The zero-order chi connectivity index (χ0) is 18.0. The first kappa shape index (κ1) is 22.5. The summed E-state index contributed by atoms with van der Waals surface area (Å²) in [4.78, 5) is 4.46. The van der Waals surface area contributed by atoms with Crippen molar-refractivity contribution in [1.29, 1.82) is 0 Å². The normalized spacial score (nSPS) is 15.9. The fourth-order valence-corrected chi connectivity index (χ4v) is 3.85. The van der Waals surface area contributed by atoms with Crippen molar-refractivity contribution in [2.24, 2.45) is 4.99 Å². The van der Waals surface area contributed by atoms with Crippen LogP contribution in [0, 0.1) is 0 Å². The van der Waals surface area contributed by atoms with E-state index in [1.807, 2.05) is 0 Å². The van der Waals surface area contributed by atoms with Crippen molar-refractivity contribution in [2.45, 2.75) is 129 Å². The second-order valence-corrected chi connectivity index (χ2v) is 8.04. The third kappa shape index (κ3) is 13.3. The third-order valence-electron chi connectivity index (χ3n) is 5.64. The second kappa shape index (κ2) is 16.9. The van der Waals surface area contributed by atoms with Crippen molar-refractivity contribution in [1.82, 2.24) is 0 Å². The number of unbranched alkanes of at least 4 members (excludes halogenated alkanes) is 16. The van der Waals surface area contributed by atoms with E-state index < -0.39 is 0 Å². The van der Waals surface area contributed by atoms with Crippen molar-refractivity contribution >= 4 is 5.71 Å². The minimum Gasteiger partial charge on any atom is -0.289 e. The van der Waals surface area contributed by atoms with E-state index in [9.17, 15) is 0 Å². The average molecular weight is 348 g/mol. The maximum absolute atomic E-state index is 4.46. The smallest absolute Gasteiger partial charge is 0.0433 e. The predicted octanol–water partition coefficient (Wildman–Crippen LogP) is 8.43. The van der Waals surface area contributed by atoms with Gasteiger partial charge >= 0.3 is 0 Å². The molecule has 1 rings (SSSR count). The number of hydrogen-bond donors (Lipinski definition) is 0. The summed E-state index contributed by atoms with van der Waals surface area (Å²) in [5.41, 5.74) is 2.80. The Bertz CT molecular complexity index is 353. The second-order valence-electron chi connectivity index (χ2n) is 8.04. The molecule has 0 amide bonds. The molecule has 0 aromatic rings. The summed E-state index contributed by atoms with van der Waals surface area (Å²) in [6.45, 7) is 5.48. The molecule has 146 valence electrons. The Morgan fingerprint density at radius 2 is 1.12 bits per heavy atom. The van der Waals surface area contributed by atoms with Crippen LogP contribution in [0.5, 0.6) is 0 Å². The molecule has 0 unspecified atom stereocenters. The van der Waals surface area contributed by atoms with E-state index in [1.165, 1.54) is 127 Å². The van der Waals surface area contributed by atoms with E-state index in [2.05, 4.69) is 24.9 Å². The molecule has 1 heterocycles. The van der Waals surface area contributed by atoms with Crippen LogP contribution < -0.4 is 0 Å². The van der Waals surface area contributed by atoms with Crippen molar-refractivity contribution in [3.05, 3.63) is 11.6 Å². The zero-order valence-electron chi connectivity index (χ0n) is 17.5. The lowest BCUT2D eigenvalue weighted by atomic mass is 10.0. The highest BCUT2D eigenvalue weighted by atomic mass is 14.8. The maximum atomic E-state index is 4.46. The van der Waals surface area contributed by atoms with Crippen molar-refractivity contribution in [3.63, 3.8) is 0 Å². The van der Waals surface area contributed by atoms with Crippen LogP contribution in [0.3, 0.4) is 0 Å². The Balaban J connectivity index is 1.71. The lowest BCUT2D eigenvalue weighted by Crippen LogP contribution is -1.89. The van der Waals surface area contributed by atoms with Crippen LogP contribution in [-0.4, -0.2) is 12.3 Å². The van der Waals surface area contributed by atoms with Gasteiger partial charge in [-0.25, -0.2) is 0 Å². The van der Waals surface area contributed by atoms with Gasteiger partial charge in [-0.2, -0.15) is 0 Å². The molecule has 0 aliphatic carbocycles. The molecule has 0 saturated carbocycles. The topological polar surface area (TPSA) is 12.4 Å². The standard InChI is InChI=1S/C24H45N/c1-3-4-5-6-7-8-9-10-11-12-13-14-15-16-17-18-19-20-24-21-22-25-23(24)2/h20H,3-19,21-22H2,1-2H3/b24-20-. The lowest BCUT2D eigenvalue weighted by Gasteiger charge is -2.03. The first-order valence-corrected chi connectivity index (χ1v) is 11.5. The van der Waals surface area contributed by atoms with Gasteiger partial charge in [0, 0.05) is 12.3 Å². The van der Waals surface area contributed by atoms with Crippen LogP contribution in [0.2, 0.25) is 0 Å². The first-order valence-electron chi connectivity index (χ1n) is 11.5. The summed E-state index contributed by atoms with van der Waals surface area (Å²) in [6.07, 6.45) is 28.1. The fraction of sp³-hybridized carbons (Fsp3) is 0.875. The monoisotopic (exact) mass is 347 g/mol. The number of hydrogen-bond acceptors (Lipinski definition) is 1. The molecule has 0 fully saturated rings. The highest BCUT2D eigenvalue weighted by Crippen LogP contribution is 2.16. The molecule has 0 aromatic carbocycles. The molecule has 1 heteroatoms. The van der Waals surface area contributed by atoms with Gasteiger partial charge in [-0.05, 0) is 31.8 Å². The molecule has 0 N–H and O–H groups in total. The summed E-state index contributed by atoms with van der Waals surface area (Å²) >= 11 is 0. The molecule has 0 aromatic heterocycles. The van der Waals surface area contributed by atoms with Gasteiger partial charge in [0.2, 0.25) is 0 Å². The first-order chi connectivity index (χ1) is 12.3. The predicted molar refractivity (Wildman–Crippen MR) is 115 cm³/mol. The molecule has 0 spiro atoms. The molecule has 0 saturated heterocycles. The van der Waals surface area contributed by atoms with Crippen LogP contribution >= 0.6 is 0 Å². The van der Waals surface area contributed by atoms with E-state index in [-0.39, 0.29) is 0 Å². The van der Waals surface area contributed by atoms with Gasteiger partial charge in [-0.3, -0.25) is 4.99 Å². The van der Waals surface area contributed by atoms with Crippen molar-refractivity contribution in [3.8, 4) is 0 Å². The Kier molecular flexibility index (Phi) is 15.1. The summed E-state index contributed by atoms with van der Waals surface area (Å²) in [5.74, 6) is 0. The van der Waals surface area contributed by atoms with E-state index in [0.29, 0.717) is 0 Å². The molecule has 0 atom stereocenters. The summed E-state index contributed by atoms with van der Waals surface area (Å²) in [6, 6.07) is 0. The van der Waals surface area contributed by atoms with Gasteiger partial charge in [0.15, 0.2) is 0 Å². The molecule has 1 aliphatic heterocycles. The molecule has 25 heavy (non-hydrogen) atoms. The van der Waals surface area contributed by atoms with Gasteiger partial charge in [0.1, 0.15) is 0 Å². The Morgan fingerprint density at radius 1 is 0.680 bits per heavy atom. The van der Waals surface area contributed by atoms with Crippen molar-refractivity contribution < 1.29 is 0 Å². The van der Waals surface area contributed by atoms with E-state index in [1.54, 1.807) is 0 Å². The van der Waals surface area contributed by atoms with E-state index in [0.717, 1.165) is 6.54 Å². The molecule has 0 bridgehead atoms. The third-order valence-corrected chi connectivity index (χ3v) is 5.64. The average Bonchev–Trinajstić information content (AvgIpc) is 3.02. The lowest BCUT2D eigenvalue weighted by molar-refractivity contribution is 0.530. The van der Waals surface area contributed by atoms with Crippen LogP contribution in [-0.2, 0) is 0 Å². The Labute approximate surface area is 158 Å². The minimum atomic E-state index is 1.02. The molecular weight excluding hydrogens is 302 g/mol. The highest BCUT2D eigenvalue weighted by molar-refractivity contribution is 5.99. The number of nitrogens with zero attached hydrogens (tertiary/aromatic N) is 1. The van der Waals surface area contributed by atoms with Crippen LogP contribution in [0.15, 0.2) is 16.6 Å². The molecule has 0 radical (unpaired) electrons. The maximum Gasteiger partial charge on any atom is 0.0433 e. The van der Waals surface area contributed by atoms with Gasteiger partial charge in [0.05, 0.1) is 0 Å².